The number of aryl methyl sites for hydroxylation is 1. The van der Waals surface area contributed by atoms with Gasteiger partial charge in [0.25, 0.3) is 5.91 Å². The Bertz CT molecular complexity index is 638. The third-order valence-corrected chi connectivity index (χ3v) is 5.08. The summed E-state index contributed by atoms with van der Waals surface area (Å²) in [7, 11) is 0. The number of likely N-dealkylation sites (tertiary alicyclic amines) is 1. The van der Waals surface area contributed by atoms with E-state index in [1.54, 1.807) is 19.1 Å². The van der Waals surface area contributed by atoms with Crippen molar-refractivity contribution in [2.75, 3.05) is 18.4 Å². The summed E-state index contributed by atoms with van der Waals surface area (Å²) in [5.74, 6) is 0.570. The van der Waals surface area contributed by atoms with Crippen LogP contribution in [0, 0.1) is 12.8 Å². The van der Waals surface area contributed by atoms with Crippen molar-refractivity contribution in [1.82, 2.24) is 4.90 Å². The minimum absolute atomic E-state index is 0. The number of nitrogens with one attached hydrogen (secondary N) is 1. The molecule has 6 heteroatoms. The Balaban J connectivity index is 0.00000338. The maximum atomic E-state index is 12.7. The number of hydrogen-bond donors (Lipinski definition) is 2. The Morgan fingerprint density at radius 1 is 1.31 bits per heavy atom. The van der Waals surface area contributed by atoms with Gasteiger partial charge in [0, 0.05) is 24.3 Å². The van der Waals surface area contributed by atoms with Crippen LogP contribution >= 0.6 is 12.4 Å². The van der Waals surface area contributed by atoms with Crippen LogP contribution in [0.3, 0.4) is 0 Å². The number of nitrogens with two attached hydrogens (primary N) is 1. The van der Waals surface area contributed by atoms with Crippen molar-refractivity contribution in [2.45, 2.75) is 58.9 Å². The van der Waals surface area contributed by atoms with Crippen LogP contribution in [0.25, 0.3) is 0 Å². The molecule has 1 fully saturated rings. The summed E-state index contributed by atoms with van der Waals surface area (Å²) in [6, 6.07) is 5.44. The maximum Gasteiger partial charge on any atom is 0.253 e. The van der Waals surface area contributed by atoms with Crippen LogP contribution in [0.5, 0.6) is 0 Å². The van der Waals surface area contributed by atoms with Gasteiger partial charge in [-0.2, -0.15) is 0 Å². The molecule has 2 amide bonds. The highest BCUT2D eigenvalue weighted by Crippen LogP contribution is 2.22. The molecule has 1 aromatic rings. The highest BCUT2D eigenvalue weighted by atomic mass is 35.5. The molecule has 1 unspecified atom stereocenters. The Kier molecular flexibility index (Phi) is 8.10. The molecule has 1 atom stereocenters. The van der Waals surface area contributed by atoms with Gasteiger partial charge in [0.15, 0.2) is 0 Å². The van der Waals surface area contributed by atoms with Crippen molar-refractivity contribution in [3.05, 3.63) is 29.3 Å². The molecule has 0 aromatic heterocycles. The second-order valence-corrected chi connectivity index (χ2v) is 7.63. The molecule has 0 spiro atoms. The fourth-order valence-corrected chi connectivity index (χ4v) is 3.23. The normalized spacial score (nSPS) is 17.2. The van der Waals surface area contributed by atoms with E-state index in [4.69, 9.17) is 5.73 Å². The van der Waals surface area contributed by atoms with Crippen molar-refractivity contribution in [3.63, 3.8) is 0 Å². The predicted octanol–water partition coefficient (Wildman–Crippen LogP) is 3.74. The molecule has 0 radical (unpaired) electrons. The molecule has 1 aliphatic heterocycles. The van der Waals surface area contributed by atoms with Gasteiger partial charge in [0.2, 0.25) is 5.91 Å². The Morgan fingerprint density at radius 2 is 1.92 bits per heavy atom. The molecule has 146 valence electrons. The van der Waals surface area contributed by atoms with E-state index in [9.17, 15) is 9.59 Å². The first-order valence-corrected chi connectivity index (χ1v) is 9.25. The van der Waals surface area contributed by atoms with E-state index in [0.717, 1.165) is 37.9 Å². The zero-order chi connectivity index (χ0) is 18.6. The lowest BCUT2D eigenvalue weighted by molar-refractivity contribution is -0.120. The molecule has 3 N–H and O–H groups in total. The largest absolute Gasteiger partial charge is 0.339 e. The number of nitrogens with zero attached hydrogens (tertiary/aromatic N) is 1. The third kappa shape index (κ3) is 5.45. The molecule has 0 saturated carbocycles. The number of carbonyl (C=O) groups excluding carboxylic acids is 2. The van der Waals surface area contributed by atoms with Crippen molar-refractivity contribution >= 4 is 29.9 Å². The van der Waals surface area contributed by atoms with E-state index in [0.29, 0.717) is 23.6 Å². The number of amides is 2. The number of rotatable bonds is 5. The lowest BCUT2D eigenvalue weighted by Crippen LogP contribution is -2.48. The summed E-state index contributed by atoms with van der Waals surface area (Å²) in [5, 5.41) is 2.90. The number of hydrogen-bond acceptors (Lipinski definition) is 3. The third-order valence-electron chi connectivity index (χ3n) is 5.08. The van der Waals surface area contributed by atoms with E-state index in [1.165, 1.54) is 0 Å². The van der Waals surface area contributed by atoms with Gasteiger partial charge in [-0.05, 0) is 62.8 Å². The zero-order valence-corrected chi connectivity index (χ0v) is 17.1. The number of benzene rings is 1. The summed E-state index contributed by atoms with van der Waals surface area (Å²) in [5.41, 5.74) is 7.45. The average Bonchev–Trinajstić information content (AvgIpc) is 2.56. The van der Waals surface area contributed by atoms with Crippen molar-refractivity contribution in [1.29, 1.82) is 0 Å². The summed E-state index contributed by atoms with van der Waals surface area (Å²) in [4.78, 5) is 26.9. The van der Waals surface area contributed by atoms with Crippen LogP contribution in [-0.2, 0) is 4.79 Å². The van der Waals surface area contributed by atoms with Gasteiger partial charge in [-0.15, -0.1) is 12.4 Å². The molecule has 0 aliphatic carbocycles. The van der Waals surface area contributed by atoms with E-state index >= 15 is 0 Å². The number of anilines is 1. The Labute approximate surface area is 163 Å². The van der Waals surface area contributed by atoms with Crippen LogP contribution in [0.4, 0.5) is 5.69 Å². The van der Waals surface area contributed by atoms with Crippen LogP contribution in [0.1, 0.15) is 62.4 Å². The fourth-order valence-electron chi connectivity index (χ4n) is 3.23. The maximum absolute atomic E-state index is 12.7. The van der Waals surface area contributed by atoms with Gasteiger partial charge in [-0.25, -0.2) is 0 Å². The molecular formula is C20H32ClN3O2. The molecule has 1 saturated heterocycles. The molecule has 1 heterocycles. The molecule has 1 aliphatic rings. The summed E-state index contributed by atoms with van der Waals surface area (Å²) >= 11 is 0. The van der Waals surface area contributed by atoms with E-state index in [2.05, 4.69) is 12.2 Å². The second kappa shape index (κ2) is 9.38. The first-order valence-electron chi connectivity index (χ1n) is 9.25. The van der Waals surface area contributed by atoms with Crippen LogP contribution in [0.2, 0.25) is 0 Å². The molecule has 1 aromatic carbocycles. The van der Waals surface area contributed by atoms with E-state index < -0.39 is 5.54 Å². The second-order valence-electron chi connectivity index (χ2n) is 7.63. The smallest absolute Gasteiger partial charge is 0.253 e. The van der Waals surface area contributed by atoms with Gasteiger partial charge >= 0.3 is 0 Å². The van der Waals surface area contributed by atoms with Gasteiger partial charge < -0.3 is 16.0 Å². The predicted molar refractivity (Wildman–Crippen MR) is 109 cm³/mol. The van der Waals surface area contributed by atoms with Gasteiger partial charge in [-0.1, -0.05) is 20.3 Å². The lowest BCUT2D eigenvalue weighted by Gasteiger charge is -2.30. The fraction of sp³-hybridized carbons (Fsp3) is 0.600. The van der Waals surface area contributed by atoms with Crippen LogP contribution in [0.15, 0.2) is 18.2 Å². The number of piperidine rings is 1. The Hall–Kier alpha value is -1.59. The minimum Gasteiger partial charge on any atom is -0.339 e. The summed E-state index contributed by atoms with van der Waals surface area (Å²) in [6.07, 6.45) is 3.60. The molecular weight excluding hydrogens is 350 g/mol. The standard InChI is InChI=1S/C20H31N3O2.ClH/c1-5-10-20(4,21)19(25)22-17-7-6-16(13-15(17)3)18(24)23-11-8-14(2)9-12-23;/h6-7,13-14H,5,8-12,21H2,1-4H3,(H,22,25);1H. The lowest BCUT2D eigenvalue weighted by atomic mass is 9.96. The van der Waals surface area contributed by atoms with Crippen LogP contribution < -0.4 is 11.1 Å². The van der Waals surface area contributed by atoms with Gasteiger partial charge in [-0.3, -0.25) is 9.59 Å². The van der Waals surface area contributed by atoms with Crippen molar-refractivity contribution in [2.24, 2.45) is 11.7 Å². The minimum atomic E-state index is -0.889. The van der Waals surface area contributed by atoms with Crippen molar-refractivity contribution in [3.8, 4) is 0 Å². The first-order chi connectivity index (χ1) is 11.7. The first kappa shape index (κ1) is 22.5. The molecule has 5 nitrogen and oxygen atoms in total. The van der Waals surface area contributed by atoms with E-state index in [1.807, 2.05) is 24.8 Å². The van der Waals surface area contributed by atoms with Gasteiger partial charge in [0.1, 0.15) is 0 Å². The van der Waals surface area contributed by atoms with Gasteiger partial charge in [0.05, 0.1) is 5.54 Å². The SMILES string of the molecule is CCCC(C)(N)C(=O)Nc1ccc(C(=O)N2CCC(C)CC2)cc1C.Cl. The highest BCUT2D eigenvalue weighted by molar-refractivity contribution is 5.99. The van der Waals surface area contributed by atoms with Crippen molar-refractivity contribution < 1.29 is 9.59 Å². The number of carbonyl (C=O) groups is 2. The Morgan fingerprint density at radius 3 is 2.46 bits per heavy atom. The highest BCUT2D eigenvalue weighted by Gasteiger charge is 2.28. The summed E-state index contributed by atoms with van der Waals surface area (Å²) < 4.78 is 0. The molecule has 2 rings (SSSR count). The summed E-state index contributed by atoms with van der Waals surface area (Å²) in [6.45, 7) is 9.52. The topological polar surface area (TPSA) is 75.4 Å². The average molecular weight is 382 g/mol. The molecule has 26 heavy (non-hydrogen) atoms. The monoisotopic (exact) mass is 381 g/mol. The number of halogens is 1. The van der Waals surface area contributed by atoms with Crippen LogP contribution in [-0.4, -0.2) is 35.3 Å². The van der Waals surface area contributed by atoms with E-state index in [-0.39, 0.29) is 24.2 Å². The quantitative estimate of drug-likeness (QED) is 0.815. The molecule has 0 bridgehead atoms. The zero-order valence-electron chi connectivity index (χ0n) is 16.3.